The van der Waals surface area contributed by atoms with Crippen LogP contribution in [0.1, 0.15) is 12.8 Å². The Balaban J connectivity index is 1.68. The predicted octanol–water partition coefficient (Wildman–Crippen LogP) is 1.51. The third-order valence-corrected chi connectivity index (χ3v) is 4.35. The molecule has 0 saturated carbocycles. The molecule has 0 aromatic carbocycles. The topological polar surface area (TPSA) is 97.0 Å². The molecule has 0 aliphatic carbocycles. The van der Waals surface area contributed by atoms with E-state index in [1.165, 1.54) is 6.33 Å². The number of hydrogen-bond donors (Lipinski definition) is 1. The van der Waals surface area contributed by atoms with Gasteiger partial charge in [-0.3, -0.25) is 4.79 Å². The lowest BCUT2D eigenvalue weighted by Crippen LogP contribution is -2.36. The first-order valence-corrected chi connectivity index (χ1v) is 7.82. The lowest BCUT2D eigenvalue weighted by Gasteiger charge is -2.31. The molecule has 3 aromatic heterocycles. The van der Waals surface area contributed by atoms with Crippen molar-refractivity contribution < 1.29 is 9.90 Å². The van der Waals surface area contributed by atoms with E-state index < -0.39 is 5.97 Å². The van der Waals surface area contributed by atoms with Crippen LogP contribution in [0, 0.1) is 5.92 Å². The maximum absolute atomic E-state index is 11.1. The number of piperidine rings is 1. The van der Waals surface area contributed by atoms with E-state index in [-0.39, 0.29) is 5.92 Å². The van der Waals surface area contributed by atoms with Crippen molar-refractivity contribution in [2.75, 3.05) is 18.0 Å². The average molecular weight is 324 g/mol. The standard InChI is InChI=1S/C16H16N6O2/c23-16(24)11-4-7-21(8-5-11)14-12-9-20-22(15(12)19-10-18-14)13-3-1-2-6-17-13/h1-3,6,9-11H,4-5,7-8H2,(H,23,24). The number of fused-ring (bicyclic) bond motifs is 1. The van der Waals surface area contributed by atoms with Crippen molar-refractivity contribution in [1.29, 1.82) is 0 Å². The van der Waals surface area contributed by atoms with Gasteiger partial charge >= 0.3 is 5.97 Å². The number of carbonyl (C=O) groups is 1. The second-order valence-electron chi connectivity index (χ2n) is 5.78. The van der Waals surface area contributed by atoms with Gasteiger partial charge in [0, 0.05) is 19.3 Å². The van der Waals surface area contributed by atoms with Gasteiger partial charge in [0.1, 0.15) is 12.1 Å². The van der Waals surface area contributed by atoms with Gasteiger partial charge in [-0.15, -0.1) is 0 Å². The van der Waals surface area contributed by atoms with Crippen LogP contribution in [0.2, 0.25) is 0 Å². The van der Waals surface area contributed by atoms with E-state index in [1.54, 1.807) is 17.1 Å². The zero-order valence-corrected chi connectivity index (χ0v) is 12.9. The van der Waals surface area contributed by atoms with Crippen LogP contribution in [0.4, 0.5) is 5.82 Å². The third kappa shape index (κ3) is 2.45. The summed E-state index contributed by atoms with van der Waals surface area (Å²) in [4.78, 5) is 26.3. The molecule has 8 heteroatoms. The second kappa shape index (κ2) is 5.88. The summed E-state index contributed by atoms with van der Waals surface area (Å²) in [6.07, 6.45) is 6.21. The molecule has 0 amide bonds. The van der Waals surface area contributed by atoms with Crippen LogP contribution < -0.4 is 4.90 Å². The summed E-state index contributed by atoms with van der Waals surface area (Å²) in [5.41, 5.74) is 0.694. The fourth-order valence-electron chi connectivity index (χ4n) is 3.07. The van der Waals surface area contributed by atoms with E-state index in [2.05, 4.69) is 25.0 Å². The molecule has 0 unspecified atom stereocenters. The molecule has 4 rings (SSSR count). The fourth-order valence-corrected chi connectivity index (χ4v) is 3.07. The molecule has 1 N–H and O–H groups in total. The Kier molecular flexibility index (Phi) is 3.56. The van der Waals surface area contributed by atoms with Crippen molar-refractivity contribution in [1.82, 2.24) is 24.7 Å². The van der Waals surface area contributed by atoms with Crippen LogP contribution in [0.3, 0.4) is 0 Å². The monoisotopic (exact) mass is 324 g/mol. The molecular weight excluding hydrogens is 308 g/mol. The molecular formula is C16H16N6O2. The molecule has 1 fully saturated rings. The van der Waals surface area contributed by atoms with Crippen LogP contribution >= 0.6 is 0 Å². The zero-order chi connectivity index (χ0) is 16.5. The largest absolute Gasteiger partial charge is 0.481 e. The Morgan fingerprint density at radius 2 is 2.00 bits per heavy atom. The van der Waals surface area contributed by atoms with E-state index in [9.17, 15) is 4.79 Å². The summed E-state index contributed by atoms with van der Waals surface area (Å²) < 4.78 is 1.69. The summed E-state index contributed by atoms with van der Waals surface area (Å²) in [5, 5.41) is 14.4. The molecule has 122 valence electrons. The average Bonchev–Trinajstić information content (AvgIpc) is 3.06. The van der Waals surface area contributed by atoms with Crippen LogP contribution in [0.5, 0.6) is 0 Å². The minimum absolute atomic E-state index is 0.269. The first-order chi connectivity index (χ1) is 11.7. The first kappa shape index (κ1) is 14.6. The Morgan fingerprint density at radius 3 is 2.71 bits per heavy atom. The molecule has 8 nitrogen and oxygen atoms in total. The van der Waals surface area contributed by atoms with Gasteiger partial charge < -0.3 is 10.0 Å². The lowest BCUT2D eigenvalue weighted by molar-refractivity contribution is -0.142. The highest BCUT2D eigenvalue weighted by Gasteiger charge is 2.26. The summed E-state index contributed by atoms with van der Waals surface area (Å²) >= 11 is 0. The quantitative estimate of drug-likeness (QED) is 0.780. The number of rotatable bonds is 3. The maximum Gasteiger partial charge on any atom is 0.306 e. The summed E-state index contributed by atoms with van der Waals surface area (Å²) in [7, 11) is 0. The maximum atomic E-state index is 11.1. The minimum Gasteiger partial charge on any atom is -0.481 e. The van der Waals surface area contributed by atoms with Crippen LogP contribution in [0.25, 0.3) is 16.9 Å². The van der Waals surface area contributed by atoms with Crippen molar-refractivity contribution >= 4 is 22.8 Å². The number of anilines is 1. The Bertz CT molecular complexity index is 871. The van der Waals surface area contributed by atoms with Crippen molar-refractivity contribution in [3.05, 3.63) is 36.9 Å². The molecule has 0 spiro atoms. The Morgan fingerprint density at radius 1 is 1.17 bits per heavy atom. The van der Waals surface area contributed by atoms with Gasteiger partial charge in [0.15, 0.2) is 11.5 Å². The zero-order valence-electron chi connectivity index (χ0n) is 12.9. The Labute approximate surface area is 137 Å². The molecule has 3 aromatic rings. The molecule has 1 aliphatic heterocycles. The first-order valence-electron chi connectivity index (χ1n) is 7.82. The third-order valence-electron chi connectivity index (χ3n) is 4.35. The van der Waals surface area contributed by atoms with E-state index in [0.29, 0.717) is 37.4 Å². The van der Waals surface area contributed by atoms with Gasteiger partial charge in [-0.2, -0.15) is 9.78 Å². The molecule has 24 heavy (non-hydrogen) atoms. The number of hydrogen-bond acceptors (Lipinski definition) is 6. The van der Waals surface area contributed by atoms with Gasteiger partial charge in [0.25, 0.3) is 0 Å². The smallest absolute Gasteiger partial charge is 0.306 e. The van der Waals surface area contributed by atoms with E-state index in [4.69, 9.17) is 5.11 Å². The molecule has 0 bridgehead atoms. The van der Waals surface area contributed by atoms with E-state index in [1.807, 2.05) is 18.2 Å². The minimum atomic E-state index is -0.717. The number of carboxylic acid groups (broad SMARTS) is 1. The molecule has 1 aliphatic rings. The van der Waals surface area contributed by atoms with Gasteiger partial charge in [-0.25, -0.2) is 15.0 Å². The number of nitrogens with zero attached hydrogens (tertiary/aromatic N) is 6. The number of carboxylic acids is 1. The van der Waals surface area contributed by atoms with Crippen molar-refractivity contribution in [3.8, 4) is 5.82 Å². The summed E-state index contributed by atoms with van der Waals surface area (Å²) in [5.74, 6) is 0.507. The summed E-state index contributed by atoms with van der Waals surface area (Å²) in [6.45, 7) is 1.33. The highest BCUT2D eigenvalue weighted by atomic mass is 16.4. The molecule has 4 heterocycles. The van der Waals surface area contributed by atoms with Crippen LogP contribution in [-0.4, -0.2) is 48.9 Å². The van der Waals surface area contributed by atoms with Gasteiger partial charge in [-0.05, 0) is 25.0 Å². The second-order valence-corrected chi connectivity index (χ2v) is 5.78. The van der Waals surface area contributed by atoms with Crippen molar-refractivity contribution in [3.63, 3.8) is 0 Å². The highest BCUT2D eigenvalue weighted by molar-refractivity contribution is 5.87. The van der Waals surface area contributed by atoms with Crippen molar-refractivity contribution in [2.24, 2.45) is 5.92 Å². The predicted molar refractivity (Wildman–Crippen MR) is 87.0 cm³/mol. The normalized spacial score (nSPS) is 15.8. The number of aromatic nitrogens is 5. The van der Waals surface area contributed by atoms with Crippen LogP contribution in [-0.2, 0) is 4.79 Å². The molecule has 0 radical (unpaired) electrons. The van der Waals surface area contributed by atoms with Gasteiger partial charge in [0.2, 0.25) is 0 Å². The highest BCUT2D eigenvalue weighted by Crippen LogP contribution is 2.28. The number of aliphatic carboxylic acids is 1. The molecule has 1 saturated heterocycles. The number of pyridine rings is 1. The van der Waals surface area contributed by atoms with Crippen molar-refractivity contribution in [2.45, 2.75) is 12.8 Å². The fraction of sp³-hybridized carbons (Fsp3) is 0.312. The van der Waals surface area contributed by atoms with Gasteiger partial charge in [0.05, 0.1) is 17.5 Å². The molecule has 0 atom stereocenters. The van der Waals surface area contributed by atoms with E-state index in [0.717, 1.165) is 11.2 Å². The lowest BCUT2D eigenvalue weighted by atomic mass is 9.97. The SMILES string of the molecule is O=C(O)C1CCN(c2ncnc3c2cnn3-c2ccccn2)CC1. The van der Waals surface area contributed by atoms with Crippen LogP contribution in [0.15, 0.2) is 36.9 Å². The van der Waals surface area contributed by atoms with Gasteiger partial charge in [-0.1, -0.05) is 6.07 Å². The summed E-state index contributed by atoms with van der Waals surface area (Å²) in [6, 6.07) is 5.61. The Hall–Kier alpha value is -3.03. The van der Waals surface area contributed by atoms with E-state index >= 15 is 0 Å².